The fourth-order valence-electron chi connectivity index (χ4n) is 6.53. The van der Waals surface area contributed by atoms with Crippen LogP contribution in [0.2, 0.25) is 0 Å². The Bertz CT molecular complexity index is 2220. The molecule has 1 aliphatic heterocycles. The van der Waals surface area contributed by atoms with Crippen LogP contribution < -0.4 is 10.9 Å². The van der Waals surface area contributed by atoms with E-state index >= 15 is 0 Å². The Kier molecular flexibility index (Phi) is 4.31. The second kappa shape index (κ2) is 7.56. The largest absolute Gasteiger partial charge is 0.307 e. The lowest BCUT2D eigenvalue weighted by Crippen LogP contribution is -2.31. The molecule has 4 heteroatoms. The number of para-hydroxylation sites is 2. The van der Waals surface area contributed by atoms with Gasteiger partial charge in [-0.25, -0.2) is 0 Å². The molecule has 3 nitrogen and oxygen atoms in total. The average Bonchev–Trinajstić information content (AvgIpc) is 2.97. The Morgan fingerprint density at radius 1 is 0.605 bits per heavy atom. The van der Waals surface area contributed by atoms with Gasteiger partial charge in [0.1, 0.15) is 0 Å². The summed E-state index contributed by atoms with van der Waals surface area (Å²) in [7, 11) is 0. The SMILES string of the molecule is CC1(c2ccccc2)c2ccccc2Sc2ccc3c(c21)c(=O)c1cccc2c(=O)c4ccccc4n3c21. The van der Waals surface area contributed by atoms with Crippen LogP contribution in [0, 0.1) is 0 Å². The molecule has 2 aromatic heterocycles. The molecule has 0 bridgehead atoms. The van der Waals surface area contributed by atoms with Crippen molar-refractivity contribution in [3.8, 4) is 0 Å². The van der Waals surface area contributed by atoms with Crippen molar-refractivity contribution in [2.24, 2.45) is 0 Å². The Morgan fingerprint density at radius 3 is 2.13 bits per heavy atom. The molecular weight excluding hydrogens is 486 g/mol. The fraction of sp³-hybridized carbons (Fsp3) is 0.0588. The third-order valence-electron chi connectivity index (χ3n) is 8.25. The number of benzene rings is 5. The molecule has 1 unspecified atom stereocenters. The third kappa shape index (κ3) is 2.60. The fourth-order valence-corrected chi connectivity index (χ4v) is 7.84. The van der Waals surface area contributed by atoms with Crippen LogP contribution in [-0.4, -0.2) is 4.40 Å². The van der Waals surface area contributed by atoms with Crippen LogP contribution in [-0.2, 0) is 5.41 Å². The molecule has 0 radical (unpaired) electrons. The van der Waals surface area contributed by atoms with Crippen LogP contribution in [0.4, 0.5) is 0 Å². The summed E-state index contributed by atoms with van der Waals surface area (Å²) in [5.41, 5.74) is 5.09. The normalized spacial score (nSPS) is 16.8. The molecule has 1 aliphatic rings. The van der Waals surface area contributed by atoms with E-state index < -0.39 is 5.41 Å². The Hall–Kier alpha value is -4.41. The summed E-state index contributed by atoms with van der Waals surface area (Å²) >= 11 is 1.72. The third-order valence-corrected chi connectivity index (χ3v) is 9.38. The predicted molar refractivity (Wildman–Crippen MR) is 156 cm³/mol. The number of pyridine rings is 2. The molecule has 5 aromatic carbocycles. The molecule has 0 aliphatic carbocycles. The highest BCUT2D eigenvalue weighted by atomic mass is 32.2. The highest BCUT2D eigenvalue weighted by Crippen LogP contribution is 2.54. The van der Waals surface area contributed by atoms with Gasteiger partial charge in [0, 0.05) is 31.4 Å². The van der Waals surface area contributed by atoms with E-state index in [-0.39, 0.29) is 10.9 Å². The van der Waals surface area contributed by atoms with Crippen LogP contribution >= 0.6 is 11.8 Å². The van der Waals surface area contributed by atoms with Crippen LogP contribution in [0.15, 0.2) is 129 Å². The summed E-state index contributed by atoms with van der Waals surface area (Å²) in [5, 5.41) is 2.51. The van der Waals surface area contributed by atoms with Gasteiger partial charge in [-0.05, 0) is 66.1 Å². The van der Waals surface area contributed by atoms with E-state index in [2.05, 4.69) is 72.0 Å². The number of hydrogen-bond donors (Lipinski definition) is 0. The summed E-state index contributed by atoms with van der Waals surface area (Å²) < 4.78 is 2.13. The molecule has 0 N–H and O–H groups in total. The van der Waals surface area contributed by atoms with E-state index in [1.165, 1.54) is 10.5 Å². The van der Waals surface area contributed by atoms with E-state index in [0.29, 0.717) is 27.1 Å². The summed E-state index contributed by atoms with van der Waals surface area (Å²) in [6.07, 6.45) is 0. The highest BCUT2D eigenvalue weighted by molar-refractivity contribution is 7.99. The van der Waals surface area contributed by atoms with Crippen molar-refractivity contribution in [3.05, 3.63) is 146 Å². The van der Waals surface area contributed by atoms with Crippen molar-refractivity contribution in [1.82, 2.24) is 4.40 Å². The van der Waals surface area contributed by atoms with Gasteiger partial charge < -0.3 is 4.40 Å². The van der Waals surface area contributed by atoms with E-state index in [1.54, 1.807) is 11.8 Å². The summed E-state index contributed by atoms with van der Waals surface area (Å²) in [4.78, 5) is 30.3. The van der Waals surface area contributed by atoms with Crippen LogP contribution in [0.5, 0.6) is 0 Å². The van der Waals surface area contributed by atoms with Gasteiger partial charge in [-0.1, -0.05) is 78.5 Å². The smallest absolute Gasteiger partial charge is 0.197 e. The monoisotopic (exact) mass is 507 g/mol. The van der Waals surface area contributed by atoms with Gasteiger partial charge in [0.2, 0.25) is 0 Å². The molecule has 38 heavy (non-hydrogen) atoms. The molecule has 0 saturated carbocycles. The summed E-state index contributed by atoms with van der Waals surface area (Å²) in [6.45, 7) is 2.24. The van der Waals surface area contributed by atoms with Crippen LogP contribution in [0.25, 0.3) is 38.1 Å². The maximum atomic E-state index is 14.5. The molecule has 3 heterocycles. The molecule has 180 valence electrons. The molecule has 7 aromatic rings. The van der Waals surface area contributed by atoms with Gasteiger partial charge in [0.25, 0.3) is 0 Å². The van der Waals surface area contributed by atoms with E-state index in [4.69, 9.17) is 0 Å². The first-order valence-electron chi connectivity index (χ1n) is 12.7. The Morgan fingerprint density at radius 2 is 1.29 bits per heavy atom. The Labute approximate surface area is 222 Å². The predicted octanol–water partition coefficient (Wildman–Crippen LogP) is 7.38. The van der Waals surface area contributed by atoms with Crippen molar-refractivity contribution >= 4 is 49.9 Å². The lowest BCUT2D eigenvalue weighted by Gasteiger charge is -2.39. The number of aromatic nitrogens is 1. The van der Waals surface area contributed by atoms with Gasteiger partial charge in [-0.3, -0.25) is 9.59 Å². The number of nitrogens with zero attached hydrogens (tertiary/aromatic N) is 1. The van der Waals surface area contributed by atoms with Gasteiger partial charge >= 0.3 is 0 Å². The lowest BCUT2D eigenvalue weighted by atomic mass is 9.69. The highest BCUT2D eigenvalue weighted by Gasteiger charge is 2.41. The molecule has 0 spiro atoms. The first kappa shape index (κ1) is 21.7. The molecule has 0 fully saturated rings. The van der Waals surface area contributed by atoms with Gasteiger partial charge in [0.05, 0.1) is 21.9 Å². The van der Waals surface area contributed by atoms with Crippen LogP contribution in [0.1, 0.15) is 23.6 Å². The zero-order valence-electron chi connectivity index (χ0n) is 20.6. The van der Waals surface area contributed by atoms with E-state index in [0.717, 1.165) is 27.1 Å². The maximum absolute atomic E-state index is 14.5. The van der Waals surface area contributed by atoms with Gasteiger partial charge in [-0.2, -0.15) is 0 Å². The minimum atomic E-state index is -0.542. The number of hydrogen-bond acceptors (Lipinski definition) is 3. The van der Waals surface area contributed by atoms with Crippen molar-refractivity contribution in [1.29, 1.82) is 0 Å². The number of rotatable bonds is 1. The standard InChI is InChI=1S/C34H21NO2S/c1-34(20-10-3-2-4-11-20)24-15-6-8-17-27(24)38-28-19-18-26-29(30(28)34)33(37)23-14-9-13-22-31(23)35(26)25-16-7-5-12-21(25)32(22)36/h2-19H,1H3. The van der Waals surface area contributed by atoms with Crippen molar-refractivity contribution in [2.45, 2.75) is 22.1 Å². The summed E-state index contributed by atoms with van der Waals surface area (Å²) in [6, 6.07) is 36.4. The minimum Gasteiger partial charge on any atom is -0.307 e. The van der Waals surface area contributed by atoms with Gasteiger partial charge in [0.15, 0.2) is 10.9 Å². The molecule has 0 saturated heterocycles. The quantitative estimate of drug-likeness (QED) is 0.172. The zero-order chi connectivity index (χ0) is 25.6. The second-order valence-electron chi connectivity index (χ2n) is 10.1. The first-order valence-corrected chi connectivity index (χ1v) is 13.5. The van der Waals surface area contributed by atoms with Crippen molar-refractivity contribution in [3.63, 3.8) is 0 Å². The van der Waals surface area contributed by atoms with Crippen LogP contribution in [0.3, 0.4) is 0 Å². The second-order valence-corrected chi connectivity index (χ2v) is 11.2. The minimum absolute atomic E-state index is 0.0285. The molecule has 8 rings (SSSR count). The molecule has 1 atom stereocenters. The maximum Gasteiger partial charge on any atom is 0.197 e. The zero-order valence-corrected chi connectivity index (χ0v) is 21.4. The first-order chi connectivity index (χ1) is 18.6. The molecule has 0 amide bonds. The van der Waals surface area contributed by atoms with E-state index in [1.807, 2.05) is 48.5 Å². The summed E-state index contributed by atoms with van der Waals surface area (Å²) in [5.74, 6) is 0. The van der Waals surface area contributed by atoms with Gasteiger partial charge in [-0.15, -0.1) is 0 Å². The van der Waals surface area contributed by atoms with E-state index in [9.17, 15) is 9.59 Å². The topological polar surface area (TPSA) is 38.5 Å². The average molecular weight is 508 g/mol. The number of fused-ring (bicyclic) bond motifs is 7. The molecular formula is C34H21NO2S. The van der Waals surface area contributed by atoms with Crippen molar-refractivity contribution in [2.75, 3.05) is 0 Å². The lowest BCUT2D eigenvalue weighted by molar-refractivity contribution is 0.661. The Balaban J connectivity index is 1.67. The van der Waals surface area contributed by atoms with Crippen molar-refractivity contribution < 1.29 is 0 Å².